The molecule has 0 N–H and O–H groups in total. The van der Waals surface area contributed by atoms with Crippen LogP contribution < -0.4 is 0 Å². The van der Waals surface area contributed by atoms with Crippen molar-refractivity contribution in [1.82, 2.24) is 0 Å². The molecular formula is C53H108. The van der Waals surface area contributed by atoms with Crippen LogP contribution in [0.15, 0.2) is 0 Å². The molecule has 0 aromatic heterocycles. The Morgan fingerprint density at radius 2 is 0.283 bits per heavy atom. The first-order chi connectivity index (χ1) is 26.3. The minimum atomic E-state index is 0.896. The van der Waals surface area contributed by atoms with Crippen molar-refractivity contribution in [2.75, 3.05) is 0 Å². The Labute approximate surface area is 340 Å². The molecule has 320 valence electrons. The van der Waals surface area contributed by atoms with Crippen molar-refractivity contribution in [2.24, 2.45) is 5.92 Å². The van der Waals surface area contributed by atoms with Crippen molar-refractivity contribution in [3.05, 3.63) is 0 Å². The molecule has 0 amide bonds. The average Bonchev–Trinajstić information content (AvgIpc) is 3.15. The summed E-state index contributed by atoms with van der Waals surface area (Å²) in [5.41, 5.74) is 0. The highest BCUT2D eigenvalue weighted by Crippen LogP contribution is 2.19. The monoisotopic (exact) mass is 745 g/mol. The van der Waals surface area contributed by atoms with E-state index < -0.39 is 0 Å². The maximum Gasteiger partial charge on any atom is -0.0471 e. The van der Waals surface area contributed by atoms with E-state index >= 15 is 0 Å². The Kier molecular flexibility index (Phi) is 50.0. The second kappa shape index (κ2) is 50.0. The zero-order valence-electron chi connectivity index (χ0n) is 38.2. The standard InChI is InChI=1S/C53H108/c1-4-5-6-7-8-9-10-11-12-13-14-15-16-17-18-19-20-21-22-23-24-25-26-27-28-29-30-31-32-33-34-35-36-37-38-39-40-41-42-43-44-45-46-47-48-49-50-51-52-53(2)3/h53H,4-52H2,1-3H3. The quantitative estimate of drug-likeness (QED) is 0.0544. The molecule has 53 heavy (non-hydrogen) atoms. The van der Waals surface area contributed by atoms with Gasteiger partial charge in [-0.1, -0.05) is 335 Å². The van der Waals surface area contributed by atoms with Crippen molar-refractivity contribution in [2.45, 2.75) is 335 Å². The summed E-state index contributed by atoms with van der Waals surface area (Å²) >= 11 is 0. The second-order valence-corrected chi connectivity index (χ2v) is 18.8. The van der Waals surface area contributed by atoms with Crippen molar-refractivity contribution >= 4 is 0 Å². The van der Waals surface area contributed by atoms with E-state index in [0.717, 1.165) is 5.92 Å². The van der Waals surface area contributed by atoms with Crippen LogP contribution in [-0.4, -0.2) is 0 Å². The van der Waals surface area contributed by atoms with Gasteiger partial charge >= 0.3 is 0 Å². The Morgan fingerprint density at radius 1 is 0.170 bits per heavy atom. The summed E-state index contributed by atoms with van der Waals surface area (Å²) in [6.45, 7) is 7.02. The molecule has 0 atom stereocenters. The van der Waals surface area contributed by atoms with Crippen molar-refractivity contribution in [1.29, 1.82) is 0 Å². The molecule has 0 aliphatic carbocycles. The molecule has 0 rings (SSSR count). The number of rotatable bonds is 49. The van der Waals surface area contributed by atoms with E-state index in [1.807, 2.05) is 0 Å². The van der Waals surface area contributed by atoms with Crippen LogP contribution in [0.5, 0.6) is 0 Å². The molecule has 0 radical (unpaired) electrons. The number of unbranched alkanes of at least 4 members (excludes halogenated alkanes) is 47. The lowest BCUT2D eigenvalue weighted by Crippen LogP contribution is -1.87. The van der Waals surface area contributed by atoms with Gasteiger partial charge in [0.25, 0.3) is 0 Å². The molecule has 0 aromatic rings. The smallest absolute Gasteiger partial charge is 0.0471 e. The lowest BCUT2D eigenvalue weighted by molar-refractivity contribution is 0.500. The van der Waals surface area contributed by atoms with Gasteiger partial charge in [-0.3, -0.25) is 0 Å². The fourth-order valence-corrected chi connectivity index (χ4v) is 8.76. The summed E-state index contributed by atoms with van der Waals surface area (Å²) in [5.74, 6) is 0.896. The van der Waals surface area contributed by atoms with Gasteiger partial charge in [0.05, 0.1) is 0 Å². The molecule has 0 aliphatic heterocycles. The molecule has 0 unspecified atom stereocenters. The zero-order valence-corrected chi connectivity index (χ0v) is 38.2. The normalized spacial score (nSPS) is 11.8. The highest BCUT2D eigenvalue weighted by Gasteiger charge is 1.99. The molecule has 0 spiro atoms. The molecular weight excluding hydrogens is 637 g/mol. The van der Waals surface area contributed by atoms with Gasteiger partial charge in [0, 0.05) is 0 Å². The molecule has 0 heteroatoms. The minimum absolute atomic E-state index is 0.896. The third-order valence-electron chi connectivity index (χ3n) is 12.6. The maximum atomic E-state index is 2.35. The fraction of sp³-hybridized carbons (Fsp3) is 1.00. The Hall–Kier alpha value is 0. The van der Waals surface area contributed by atoms with Gasteiger partial charge in [-0.15, -0.1) is 0 Å². The lowest BCUT2D eigenvalue weighted by Gasteiger charge is -2.05. The van der Waals surface area contributed by atoms with Crippen LogP contribution in [0, 0.1) is 5.92 Å². The lowest BCUT2D eigenvalue weighted by atomic mass is 10.0. The largest absolute Gasteiger partial charge is 0.0654 e. The second-order valence-electron chi connectivity index (χ2n) is 18.8. The first-order valence-electron chi connectivity index (χ1n) is 26.3. The van der Waals surface area contributed by atoms with Gasteiger partial charge in [-0.05, 0) is 5.92 Å². The van der Waals surface area contributed by atoms with Gasteiger partial charge in [-0.2, -0.15) is 0 Å². The van der Waals surface area contributed by atoms with E-state index in [4.69, 9.17) is 0 Å². The molecule has 0 bridgehead atoms. The van der Waals surface area contributed by atoms with Crippen molar-refractivity contribution in [3.63, 3.8) is 0 Å². The van der Waals surface area contributed by atoms with E-state index in [2.05, 4.69) is 20.8 Å². The Balaban J connectivity index is 3.05. The van der Waals surface area contributed by atoms with Gasteiger partial charge in [0.1, 0.15) is 0 Å². The average molecular weight is 745 g/mol. The van der Waals surface area contributed by atoms with Gasteiger partial charge < -0.3 is 0 Å². The van der Waals surface area contributed by atoms with E-state index in [1.54, 1.807) is 0 Å². The van der Waals surface area contributed by atoms with E-state index in [9.17, 15) is 0 Å². The molecule has 0 fully saturated rings. The molecule has 0 aromatic carbocycles. The first kappa shape index (κ1) is 53.0. The summed E-state index contributed by atoms with van der Waals surface area (Å²) < 4.78 is 0. The fourth-order valence-electron chi connectivity index (χ4n) is 8.76. The van der Waals surface area contributed by atoms with Gasteiger partial charge in [-0.25, -0.2) is 0 Å². The Morgan fingerprint density at radius 3 is 0.396 bits per heavy atom. The third kappa shape index (κ3) is 52.0. The summed E-state index contributed by atoms with van der Waals surface area (Å²) in [4.78, 5) is 0. The minimum Gasteiger partial charge on any atom is -0.0654 e. The highest BCUT2D eigenvalue weighted by molar-refractivity contribution is 4.55. The van der Waals surface area contributed by atoms with Gasteiger partial charge in [0.2, 0.25) is 0 Å². The molecule has 0 aliphatic rings. The SMILES string of the molecule is CCCCCCCCCCCCCCCCCCCCCCCCCCCCCCCCCCCCCCCCCCCCCCCCCCC(C)C. The van der Waals surface area contributed by atoms with Crippen LogP contribution in [0.3, 0.4) is 0 Å². The van der Waals surface area contributed by atoms with E-state index in [-0.39, 0.29) is 0 Å². The van der Waals surface area contributed by atoms with Crippen LogP contribution in [0.25, 0.3) is 0 Å². The van der Waals surface area contributed by atoms with Crippen molar-refractivity contribution < 1.29 is 0 Å². The number of hydrogen-bond acceptors (Lipinski definition) is 0. The molecule has 0 nitrogen and oxygen atoms in total. The summed E-state index contributed by atoms with van der Waals surface area (Å²) in [6, 6.07) is 0. The predicted molar refractivity (Wildman–Crippen MR) is 247 cm³/mol. The van der Waals surface area contributed by atoms with Gasteiger partial charge in [0.15, 0.2) is 0 Å². The first-order valence-corrected chi connectivity index (χ1v) is 26.3. The molecule has 0 saturated heterocycles. The zero-order chi connectivity index (χ0) is 38.2. The maximum absolute atomic E-state index is 2.35. The van der Waals surface area contributed by atoms with E-state index in [0.29, 0.717) is 0 Å². The van der Waals surface area contributed by atoms with Crippen LogP contribution in [0.2, 0.25) is 0 Å². The molecule has 0 saturated carbocycles. The van der Waals surface area contributed by atoms with Crippen LogP contribution >= 0.6 is 0 Å². The van der Waals surface area contributed by atoms with Crippen LogP contribution in [0.4, 0.5) is 0 Å². The third-order valence-corrected chi connectivity index (χ3v) is 12.6. The number of hydrogen-bond donors (Lipinski definition) is 0. The van der Waals surface area contributed by atoms with Crippen LogP contribution in [-0.2, 0) is 0 Å². The van der Waals surface area contributed by atoms with Crippen molar-refractivity contribution in [3.8, 4) is 0 Å². The summed E-state index contributed by atoms with van der Waals surface area (Å²) in [7, 11) is 0. The molecule has 0 heterocycles. The topological polar surface area (TPSA) is 0 Å². The van der Waals surface area contributed by atoms with E-state index in [1.165, 1.54) is 315 Å². The Bertz CT molecular complexity index is 591. The highest BCUT2D eigenvalue weighted by atomic mass is 14.1. The predicted octanol–water partition coefficient (Wildman–Crippen LogP) is 20.8. The summed E-state index contributed by atoms with van der Waals surface area (Å²) in [6.07, 6.45) is 72.9. The van der Waals surface area contributed by atoms with Crippen LogP contribution in [0.1, 0.15) is 335 Å². The summed E-state index contributed by atoms with van der Waals surface area (Å²) in [5, 5.41) is 0.